The predicted molar refractivity (Wildman–Crippen MR) is 71.7 cm³/mol. The lowest BCUT2D eigenvalue weighted by molar-refractivity contribution is 0.466. The molecule has 1 aromatic carbocycles. The third-order valence-corrected chi connectivity index (χ3v) is 3.72. The van der Waals surface area contributed by atoms with E-state index in [1.165, 1.54) is 0 Å². The number of hydrogen-bond acceptors (Lipinski definition) is 2. The molecule has 0 aliphatic heterocycles. The van der Waals surface area contributed by atoms with Crippen LogP contribution in [-0.2, 0) is 0 Å². The van der Waals surface area contributed by atoms with Crippen molar-refractivity contribution in [2.24, 2.45) is 5.41 Å². The largest absolute Gasteiger partial charge is 0.384 e. The molecular formula is C12H14BrClN2. The Labute approximate surface area is 110 Å². The average Bonchev–Trinajstić information content (AvgIpc) is 2.24. The van der Waals surface area contributed by atoms with Crippen LogP contribution in [0.5, 0.6) is 0 Å². The van der Waals surface area contributed by atoms with Crippen LogP contribution in [0.3, 0.4) is 0 Å². The number of halogens is 2. The first-order valence-electron chi connectivity index (χ1n) is 5.05. The Hall–Kier alpha value is -0.720. The van der Waals surface area contributed by atoms with Crippen LogP contribution in [0.25, 0.3) is 0 Å². The second kappa shape index (κ2) is 5.56. The zero-order chi connectivity index (χ0) is 12.2. The second-order valence-electron chi connectivity index (χ2n) is 4.27. The highest BCUT2D eigenvalue weighted by Crippen LogP contribution is 2.30. The highest BCUT2D eigenvalue weighted by Gasteiger charge is 2.15. The smallest absolute Gasteiger partial charge is 0.0684 e. The zero-order valence-corrected chi connectivity index (χ0v) is 11.7. The van der Waals surface area contributed by atoms with Gasteiger partial charge in [0.15, 0.2) is 0 Å². The number of benzene rings is 1. The van der Waals surface area contributed by atoms with E-state index >= 15 is 0 Å². The van der Waals surface area contributed by atoms with Crippen LogP contribution in [0.4, 0.5) is 5.69 Å². The van der Waals surface area contributed by atoms with Gasteiger partial charge in [-0.05, 0) is 48.3 Å². The summed E-state index contributed by atoms with van der Waals surface area (Å²) < 4.78 is 0.867. The van der Waals surface area contributed by atoms with Crippen molar-refractivity contribution in [1.29, 1.82) is 5.26 Å². The van der Waals surface area contributed by atoms with Crippen molar-refractivity contribution in [1.82, 2.24) is 0 Å². The van der Waals surface area contributed by atoms with Crippen molar-refractivity contribution in [3.8, 4) is 6.07 Å². The molecule has 0 atom stereocenters. The van der Waals surface area contributed by atoms with E-state index < -0.39 is 0 Å². The van der Waals surface area contributed by atoms with Crippen LogP contribution >= 0.6 is 27.5 Å². The molecule has 0 aromatic heterocycles. The summed E-state index contributed by atoms with van der Waals surface area (Å²) in [5.74, 6) is 0. The first kappa shape index (κ1) is 13.3. The summed E-state index contributed by atoms with van der Waals surface area (Å²) in [6, 6.07) is 7.95. The van der Waals surface area contributed by atoms with Gasteiger partial charge in [0.05, 0.1) is 21.0 Å². The summed E-state index contributed by atoms with van der Waals surface area (Å²) in [5, 5.41) is 12.8. The number of nitriles is 1. The van der Waals surface area contributed by atoms with Gasteiger partial charge in [-0.1, -0.05) is 17.7 Å². The van der Waals surface area contributed by atoms with Crippen LogP contribution in [-0.4, -0.2) is 6.54 Å². The van der Waals surface area contributed by atoms with Crippen LogP contribution in [0, 0.1) is 16.7 Å². The Bertz CT molecular complexity index is 410. The average molecular weight is 302 g/mol. The predicted octanol–water partition coefficient (Wildman–Crippen LogP) is 4.45. The summed E-state index contributed by atoms with van der Waals surface area (Å²) >= 11 is 9.39. The number of anilines is 1. The molecule has 0 aliphatic carbocycles. The Morgan fingerprint density at radius 3 is 2.81 bits per heavy atom. The Kier molecular flexibility index (Phi) is 4.64. The molecule has 0 saturated heterocycles. The molecule has 0 fully saturated rings. The van der Waals surface area contributed by atoms with Gasteiger partial charge in [-0.15, -0.1) is 0 Å². The highest BCUT2D eigenvalue weighted by atomic mass is 79.9. The van der Waals surface area contributed by atoms with E-state index in [9.17, 15) is 0 Å². The molecule has 0 unspecified atom stereocenters. The number of rotatable bonds is 4. The molecule has 4 heteroatoms. The van der Waals surface area contributed by atoms with E-state index in [0.29, 0.717) is 5.02 Å². The van der Waals surface area contributed by atoms with Crippen molar-refractivity contribution in [3.05, 3.63) is 27.7 Å². The summed E-state index contributed by atoms with van der Waals surface area (Å²) in [6.07, 6.45) is 0.794. The number of hydrogen-bond donors (Lipinski definition) is 1. The first-order valence-corrected chi connectivity index (χ1v) is 6.22. The Balaban J connectivity index is 2.57. The molecule has 86 valence electrons. The van der Waals surface area contributed by atoms with Gasteiger partial charge in [-0.25, -0.2) is 0 Å². The Morgan fingerprint density at radius 1 is 1.50 bits per heavy atom. The van der Waals surface area contributed by atoms with Gasteiger partial charge >= 0.3 is 0 Å². The Morgan fingerprint density at radius 2 is 2.19 bits per heavy atom. The molecule has 16 heavy (non-hydrogen) atoms. The molecule has 0 saturated carbocycles. The summed E-state index contributed by atoms with van der Waals surface area (Å²) in [6.45, 7) is 4.61. The van der Waals surface area contributed by atoms with Gasteiger partial charge in [0.2, 0.25) is 0 Å². The number of nitrogens with zero attached hydrogens (tertiary/aromatic N) is 1. The SMILES string of the molecule is CC(C)(C#N)CCNc1cccc(Cl)c1Br. The molecular weight excluding hydrogens is 288 g/mol. The van der Waals surface area contributed by atoms with Crippen molar-refractivity contribution < 1.29 is 0 Å². The lowest BCUT2D eigenvalue weighted by Gasteiger charge is -2.16. The van der Waals surface area contributed by atoms with Crippen molar-refractivity contribution in [2.45, 2.75) is 20.3 Å². The van der Waals surface area contributed by atoms with Gasteiger partial charge in [0.1, 0.15) is 0 Å². The maximum Gasteiger partial charge on any atom is 0.0684 e. The van der Waals surface area contributed by atoms with E-state index in [0.717, 1.165) is 23.1 Å². The van der Waals surface area contributed by atoms with E-state index in [-0.39, 0.29) is 5.41 Å². The van der Waals surface area contributed by atoms with Gasteiger partial charge in [-0.2, -0.15) is 5.26 Å². The monoisotopic (exact) mass is 300 g/mol. The molecule has 1 aromatic rings. The fourth-order valence-corrected chi connectivity index (χ4v) is 1.78. The molecule has 0 bridgehead atoms. The van der Waals surface area contributed by atoms with Gasteiger partial charge in [0, 0.05) is 12.2 Å². The van der Waals surface area contributed by atoms with Crippen LogP contribution < -0.4 is 5.32 Å². The number of nitrogens with one attached hydrogen (secondary N) is 1. The van der Waals surface area contributed by atoms with Crippen LogP contribution in [0.15, 0.2) is 22.7 Å². The molecule has 0 amide bonds. The van der Waals surface area contributed by atoms with Crippen molar-refractivity contribution >= 4 is 33.2 Å². The minimum Gasteiger partial charge on any atom is -0.384 e. The van der Waals surface area contributed by atoms with E-state index in [2.05, 4.69) is 27.3 Å². The topological polar surface area (TPSA) is 35.8 Å². The summed E-state index contributed by atoms with van der Waals surface area (Å²) in [7, 11) is 0. The molecule has 1 N–H and O–H groups in total. The molecule has 0 radical (unpaired) electrons. The summed E-state index contributed by atoms with van der Waals surface area (Å²) in [5.41, 5.74) is 0.666. The quantitative estimate of drug-likeness (QED) is 0.891. The lowest BCUT2D eigenvalue weighted by Crippen LogP contribution is -2.14. The third-order valence-electron chi connectivity index (χ3n) is 2.32. The molecule has 0 heterocycles. The first-order chi connectivity index (χ1) is 7.46. The van der Waals surface area contributed by atoms with Crippen LogP contribution in [0.1, 0.15) is 20.3 Å². The van der Waals surface area contributed by atoms with E-state index in [1.807, 2.05) is 32.0 Å². The van der Waals surface area contributed by atoms with Crippen molar-refractivity contribution in [3.63, 3.8) is 0 Å². The summed E-state index contributed by atoms with van der Waals surface area (Å²) in [4.78, 5) is 0. The van der Waals surface area contributed by atoms with Gasteiger partial charge in [0.25, 0.3) is 0 Å². The molecule has 2 nitrogen and oxygen atoms in total. The minimum absolute atomic E-state index is 0.294. The molecule has 1 rings (SSSR count). The fraction of sp³-hybridized carbons (Fsp3) is 0.417. The third kappa shape index (κ3) is 3.70. The standard InChI is InChI=1S/C12H14BrClN2/c1-12(2,8-15)6-7-16-10-5-3-4-9(14)11(10)13/h3-5,16H,6-7H2,1-2H3. The van der Waals surface area contributed by atoms with Gasteiger partial charge in [-0.3, -0.25) is 0 Å². The lowest BCUT2D eigenvalue weighted by atomic mass is 9.91. The van der Waals surface area contributed by atoms with Crippen molar-refractivity contribution in [2.75, 3.05) is 11.9 Å². The minimum atomic E-state index is -0.294. The maximum atomic E-state index is 8.88. The van der Waals surface area contributed by atoms with Gasteiger partial charge < -0.3 is 5.32 Å². The van der Waals surface area contributed by atoms with E-state index in [1.54, 1.807) is 0 Å². The molecule has 0 spiro atoms. The highest BCUT2D eigenvalue weighted by molar-refractivity contribution is 9.10. The van der Waals surface area contributed by atoms with E-state index in [4.69, 9.17) is 16.9 Å². The zero-order valence-electron chi connectivity index (χ0n) is 9.35. The fourth-order valence-electron chi connectivity index (χ4n) is 1.21. The van der Waals surface area contributed by atoms with Crippen LogP contribution in [0.2, 0.25) is 5.02 Å². The maximum absolute atomic E-state index is 8.88. The normalized spacial score (nSPS) is 10.9. The second-order valence-corrected chi connectivity index (χ2v) is 5.47. The molecule has 0 aliphatic rings.